The molecule has 2 aromatic heterocycles. The molecule has 2 N–H and O–H groups in total. The van der Waals surface area contributed by atoms with Gasteiger partial charge in [-0.15, -0.1) is 35.3 Å². The third-order valence-corrected chi connectivity index (χ3v) is 3.99. The van der Waals surface area contributed by atoms with Gasteiger partial charge in [0.2, 0.25) is 0 Å². The van der Waals surface area contributed by atoms with Gasteiger partial charge in [0.05, 0.1) is 5.01 Å². The Kier molecular flexibility index (Phi) is 9.85. The highest BCUT2D eigenvalue weighted by Crippen LogP contribution is 2.10. The Morgan fingerprint density at radius 2 is 2.26 bits per heavy atom. The van der Waals surface area contributed by atoms with Crippen LogP contribution in [0.2, 0.25) is 0 Å². The second-order valence-electron chi connectivity index (χ2n) is 4.92. The Labute approximate surface area is 158 Å². The second-order valence-corrected chi connectivity index (χ2v) is 6.24. The summed E-state index contributed by atoms with van der Waals surface area (Å²) in [4.78, 5) is 10.2. The molecule has 0 aliphatic heterocycles. The van der Waals surface area contributed by atoms with E-state index in [4.69, 9.17) is 0 Å². The lowest BCUT2D eigenvalue weighted by atomic mass is 10.4. The topological polar surface area (TPSA) is 67.1 Å². The summed E-state index contributed by atoms with van der Waals surface area (Å²) in [6, 6.07) is 1.94. The average molecular weight is 448 g/mol. The fourth-order valence-corrected chi connectivity index (χ4v) is 2.79. The summed E-state index contributed by atoms with van der Waals surface area (Å²) in [5.41, 5.74) is 0. The Balaban J connectivity index is 0.00000264. The lowest BCUT2D eigenvalue weighted by Gasteiger charge is -2.10. The summed E-state index contributed by atoms with van der Waals surface area (Å²) in [5, 5.41) is 12.0. The van der Waals surface area contributed by atoms with Crippen LogP contribution >= 0.6 is 35.3 Å². The van der Waals surface area contributed by atoms with E-state index in [0.717, 1.165) is 45.0 Å². The minimum atomic E-state index is 0. The first-order chi connectivity index (χ1) is 10.8. The van der Waals surface area contributed by atoms with Crippen LogP contribution in [0, 0.1) is 6.92 Å². The van der Waals surface area contributed by atoms with Crippen LogP contribution in [0.25, 0.3) is 0 Å². The first kappa shape index (κ1) is 19.9. The smallest absolute Gasteiger partial charge is 0.191 e. The number of nitrogens with one attached hydrogen (secondary N) is 2. The van der Waals surface area contributed by atoms with Gasteiger partial charge in [-0.05, 0) is 26.3 Å². The van der Waals surface area contributed by atoms with Crippen LogP contribution in [0.15, 0.2) is 29.6 Å². The molecule has 0 aliphatic carbocycles. The maximum atomic E-state index is 4.59. The first-order valence-electron chi connectivity index (χ1n) is 7.69. The van der Waals surface area contributed by atoms with Crippen LogP contribution in [-0.2, 0) is 13.0 Å². The number of aromatic nitrogens is 3. The zero-order valence-electron chi connectivity index (χ0n) is 13.7. The predicted molar refractivity (Wildman–Crippen MR) is 107 cm³/mol. The molecule has 0 fully saturated rings. The molecule has 0 aliphatic rings. The van der Waals surface area contributed by atoms with Crippen molar-refractivity contribution in [3.05, 3.63) is 34.5 Å². The van der Waals surface area contributed by atoms with Gasteiger partial charge in [-0.2, -0.15) is 5.10 Å². The van der Waals surface area contributed by atoms with Crippen LogP contribution in [0.3, 0.4) is 0 Å². The van der Waals surface area contributed by atoms with Crippen LogP contribution < -0.4 is 10.6 Å². The number of hydrogen-bond donors (Lipinski definition) is 2. The number of aryl methyl sites for hydroxylation is 2. The minimum Gasteiger partial charge on any atom is -0.357 e. The van der Waals surface area contributed by atoms with E-state index in [1.807, 2.05) is 23.1 Å². The number of guanidine groups is 1. The molecule has 8 heteroatoms. The number of aliphatic imine (C=N–C) groups is 1. The van der Waals surface area contributed by atoms with Gasteiger partial charge in [-0.3, -0.25) is 9.67 Å². The molecule has 0 atom stereocenters. The third kappa shape index (κ3) is 7.78. The van der Waals surface area contributed by atoms with Crippen molar-refractivity contribution in [2.45, 2.75) is 33.2 Å². The van der Waals surface area contributed by atoms with Crippen molar-refractivity contribution >= 4 is 41.3 Å². The summed E-state index contributed by atoms with van der Waals surface area (Å²) in [5.74, 6) is 0.872. The van der Waals surface area contributed by atoms with Gasteiger partial charge in [0.25, 0.3) is 0 Å². The number of nitrogens with zero attached hydrogens (tertiary/aromatic N) is 4. The lowest BCUT2D eigenvalue weighted by molar-refractivity contribution is 0.584. The zero-order valence-corrected chi connectivity index (χ0v) is 16.8. The highest BCUT2D eigenvalue weighted by Gasteiger charge is 2.00. The average Bonchev–Trinajstić information content (AvgIpc) is 3.15. The molecule has 23 heavy (non-hydrogen) atoms. The van der Waals surface area contributed by atoms with Gasteiger partial charge in [-0.1, -0.05) is 0 Å². The highest BCUT2D eigenvalue weighted by molar-refractivity contribution is 14.0. The molecule has 2 heterocycles. The van der Waals surface area contributed by atoms with Gasteiger partial charge in [0.1, 0.15) is 0 Å². The monoisotopic (exact) mass is 448 g/mol. The minimum absolute atomic E-state index is 0. The van der Waals surface area contributed by atoms with E-state index < -0.39 is 0 Å². The molecule has 2 aromatic rings. The van der Waals surface area contributed by atoms with Crippen LogP contribution in [0.5, 0.6) is 0 Å². The van der Waals surface area contributed by atoms with E-state index in [9.17, 15) is 0 Å². The highest BCUT2D eigenvalue weighted by atomic mass is 127. The molecule has 128 valence electrons. The van der Waals surface area contributed by atoms with E-state index in [2.05, 4.69) is 39.6 Å². The molecule has 0 amide bonds. The maximum absolute atomic E-state index is 4.59. The first-order valence-corrected chi connectivity index (χ1v) is 8.50. The fraction of sp³-hybridized carbons (Fsp3) is 0.533. The molecule has 0 bridgehead atoms. The van der Waals surface area contributed by atoms with Gasteiger partial charge in [0, 0.05) is 56.1 Å². The molecule has 2 rings (SSSR count). The quantitative estimate of drug-likeness (QED) is 0.282. The van der Waals surface area contributed by atoms with E-state index >= 15 is 0 Å². The molecular formula is C15H25IN6S. The normalized spacial score (nSPS) is 11.1. The number of halogens is 1. The van der Waals surface area contributed by atoms with Crippen LogP contribution in [-0.4, -0.2) is 40.4 Å². The number of rotatable bonds is 8. The maximum Gasteiger partial charge on any atom is 0.191 e. The SMILES string of the molecule is CCNC(=NCCCn1cccn1)NCCc1ncc(C)s1.I. The van der Waals surface area contributed by atoms with E-state index in [0.29, 0.717) is 0 Å². The Bertz CT molecular complexity index is 566. The number of thiazole rings is 1. The number of hydrogen-bond acceptors (Lipinski definition) is 4. The molecular weight excluding hydrogens is 423 g/mol. The predicted octanol–water partition coefficient (Wildman–Crippen LogP) is 2.45. The molecule has 0 aromatic carbocycles. The summed E-state index contributed by atoms with van der Waals surface area (Å²) in [6.45, 7) is 7.55. The van der Waals surface area contributed by atoms with Crippen molar-refractivity contribution in [3.63, 3.8) is 0 Å². The van der Waals surface area contributed by atoms with E-state index in [1.54, 1.807) is 17.5 Å². The van der Waals surface area contributed by atoms with Crippen LogP contribution in [0.1, 0.15) is 23.2 Å². The second kappa shape index (κ2) is 11.4. The Morgan fingerprint density at radius 3 is 2.91 bits per heavy atom. The summed E-state index contributed by atoms with van der Waals surface area (Å²) < 4.78 is 1.93. The van der Waals surface area contributed by atoms with Crippen molar-refractivity contribution in [1.29, 1.82) is 0 Å². The molecule has 0 unspecified atom stereocenters. The summed E-state index contributed by atoms with van der Waals surface area (Å²) >= 11 is 1.75. The van der Waals surface area contributed by atoms with Crippen molar-refractivity contribution in [2.75, 3.05) is 19.6 Å². The lowest BCUT2D eigenvalue weighted by Crippen LogP contribution is -2.38. The molecule has 6 nitrogen and oxygen atoms in total. The van der Waals surface area contributed by atoms with Crippen molar-refractivity contribution in [1.82, 2.24) is 25.4 Å². The summed E-state index contributed by atoms with van der Waals surface area (Å²) in [6.07, 6.45) is 7.60. The van der Waals surface area contributed by atoms with Gasteiger partial charge in [-0.25, -0.2) is 4.98 Å². The zero-order chi connectivity index (χ0) is 15.6. The summed E-state index contributed by atoms with van der Waals surface area (Å²) in [7, 11) is 0. The molecule has 0 spiro atoms. The van der Waals surface area contributed by atoms with Gasteiger partial charge < -0.3 is 10.6 Å². The third-order valence-electron chi connectivity index (χ3n) is 3.02. The van der Waals surface area contributed by atoms with Crippen molar-refractivity contribution in [3.8, 4) is 0 Å². The Hall–Kier alpha value is -1.16. The van der Waals surface area contributed by atoms with Gasteiger partial charge >= 0.3 is 0 Å². The largest absolute Gasteiger partial charge is 0.357 e. The van der Waals surface area contributed by atoms with Crippen molar-refractivity contribution < 1.29 is 0 Å². The molecule has 0 radical (unpaired) electrons. The van der Waals surface area contributed by atoms with Crippen molar-refractivity contribution in [2.24, 2.45) is 4.99 Å². The van der Waals surface area contributed by atoms with E-state index in [-0.39, 0.29) is 24.0 Å². The molecule has 0 saturated carbocycles. The van der Waals surface area contributed by atoms with Gasteiger partial charge in [0.15, 0.2) is 5.96 Å². The van der Waals surface area contributed by atoms with E-state index in [1.165, 1.54) is 9.88 Å². The Morgan fingerprint density at radius 1 is 1.39 bits per heavy atom. The fourth-order valence-electron chi connectivity index (χ4n) is 2.00. The molecule has 0 saturated heterocycles. The standard InChI is InChI=1S/C15H24N6S.HI/c1-3-16-15(17-7-4-10-21-11-5-8-20-21)18-9-6-14-19-12-13(2)22-14;/h5,8,11-12H,3-4,6-7,9-10H2,1-2H3,(H2,16,17,18);1H. The van der Waals surface area contributed by atoms with Crippen LogP contribution in [0.4, 0.5) is 0 Å².